The predicted octanol–water partition coefficient (Wildman–Crippen LogP) is 2.30. The van der Waals surface area contributed by atoms with Gasteiger partial charge >= 0.3 is 0 Å². The van der Waals surface area contributed by atoms with Crippen LogP contribution in [0.25, 0.3) is 5.52 Å². The second-order valence-electron chi connectivity index (χ2n) is 6.68. The summed E-state index contributed by atoms with van der Waals surface area (Å²) in [5.41, 5.74) is 2.91. The van der Waals surface area contributed by atoms with E-state index in [4.69, 9.17) is 4.74 Å². The molecule has 3 heterocycles. The van der Waals surface area contributed by atoms with Gasteiger partial charge in [-0.1, -0.05) is 24.3 Å². The number of carbonyl (C=O) groups is 2. The quantitative estimate of drug-likeness (QED) is 0.692. The van der Waals surface area contributed by atoms with Crippen molar-refractivity contribution >= 4 is 23.0 Å². The highest BCUT2D eigenvalue weighted by Crippen LogP contribution is 2.28. The molecule has 7 nitrogen and oxygen atoms in total. The van der Waals surface area contributed by atoms with Crippen molar-refractivity contribution in [3.8, 4) is 0 Å². The van der Waals surface area contributed by atoms with Crippen molar-refractivity contribution in [1.29, 1.82) is 0 Å². The Morgan fingerprint density at radius 3 is 2.86 bits per heavy atom. The summed E-state index contributed by atoms with van der Waals surface area (Å²) in [7, 11) is 1.57. The lowest BCUT2D eigenvalue weighted by atomic mass is 10.0. The third kappa shape index (κ3) is 3.25. The van der Waals surface area contributed by atoms with E-state index >= 15 is 0 Å². The number of carbonyl (C=O) groups excluding carboxylic acids is 2. The highest BCUT2D eigenvalue weighted by atomic mass is 16.5. The van der Waals surface area contributed by atoms with E-state index in [0.717, 1.165) is 24.1 Å². The van der Waals surface area contributed by atoms with Gasteiger partial charge in [0.15, 0.2) is 5.69 Å². The first-order valence-electron chi connectivity index (χ1n) is 9.34. The number of nitrogens with one attached hydrogen (secondary N) is 1. The number of methoxy groups -OCH3 is 1. The van der Waals surface area contributed by atoms with E-state index in [1.165, 1.54) is 0 Å². The number of hydrogen-bond acceptors (Lipinski definition) is 4. The highest BCUT2D eigenvalue weighted by Gasteiger charge is 2.28. The largest absolute Gasteiger partial charge is 0.383 e. The number of para-hydroxylation sites is 1. The molecule has 0 fully saturated rings. The van der Waals surface area contributed by atoms with Crippen molar-refractivity contribution < 1.29 is 14.3 Å². The molecule has 144 valence electrons. The average Bonchev–Trinajstić information content (AvgIpc) is 3.13. The molecule has 0 atom stereocenters. The minimum absolute atomic E-state index is 0.204. The summed E-state index contributed by atoms with van der Waals surface area (Å²) in [6.45, 7) is 1.42. The Morgan fingerprint density at radius 2 is 2.00 bits per heavy atom. The van der Waals surface area contributed by atoms with Crippen molar-refractivity contribution in [1.82, 2.24) is 14.7 Å². The van der Waals surface area contributed by atoms with Crippen LogP contribution >= 0.6 is 0 Å². The van der Waals surface area contributed by atoms with Gasteiger partial charge in [-0.3, -0.25) is 14.0 Å². The summed E-state index contributed by atoms with van der Waals surface area (Å²) in [6, 6.07) is 13.4. The standard InChI is InChI=1S/C21H22N4O3/c1-28-14-11-22-20(26)18-17-10-4-5-12-24(17)19(23-18)21(27)25-13-6-8-15-7-2-3-9-16(15)25/h2-5,7,9-10,12H,6,8,11,13-14H2,1H3,(H,22,26). The number of amides is 2. The molecule has 2 amide bonds. The predicted molar refractivity (Wildman–Crippen MR) is 106 cm³/mol. The number of pyridine rings is 1. The summed E-state index contributed by atoms with van der Waals surface area (Å²) in [4.78, 5) is 32.1. The Labute approximate surface area is 162 Å². The Morgan fingerprint density at radius 1 is 1.18 bits per heavy atom. The molecule has 0 unspecified atom stereocenters. The summed E-state index contributed by atoms with van der Waals surface area (Å²) >= 11 is 0. The van der Waals surface area contributed by atoms with Crippen LogP contribution in [0.3, 0.4) is 0 Å². The number of aryl methyl sites for hydroxylation is 1. The summed E-state index contributed by atoms with van der Waals surface area (Å²) in [5.74, 6) is -0.285. The molecule has 28 heavy (non-hydrogen) atoms. The molecule has 1 aliphatic rings. The number of fused-ring (bicyclic) bond motifs is 2. The van der Waals surface area contributed by atoms with E-state index in [-0.39, 0.29) is 23.3 Å². The Kier molecular flexibility index (Phi) is 5.08. The number of aromatic nitrogens is 2. The molecule has 0 bridgehead atoms. The number of nitrogens with zero attached hydrogens (tertiary/aromatic N) is 3. The molecule has 0 aliphatic carbocycles. The topological polar surface area (TPSA) is 75.9 Å². The molecular weight excluding hydrogens is 356 g/mol. The van der Waals surface area contributed by atoms with Gasteiger partial charge in [-0.15, -0.1) is 0 Å². The first kappa shape index (κ1) is 18.2. The summed E-state index contributed by atoms with van der Waals surface area (Å²) < 4.78 is 6.66. The lowest BCUT2D eigenvalue weighted by molar-refractivity contribution is 0.0934. The molecule has 7 heteroatoms. The first-order chi connectivity index (χ1) is 13.7. The number of benzene rings is 1. The van der Waals surface area contributed by atoms with Crippen LogP contribution < -0.4 is 10.2 Å². The van der Waals surface area contributed by atoms with Gasteiger partial charge in [-0.25, -0.2) is 4.98 Å². The van der Waals surface area contributed by atoms with Gasteiger partial charge in [0.2, 0.25) is 5.82 Å². The molecule has 2 aromatic heterocycles. The van der Waals surface area contributed by atoms with Crippen LogP contribution in [-0.4, -0.2) is 48.0 Å². The Hall–Kier alpha value is -3.19. The minimum atomic E-state index is -0.321. The fourth-order valence-corrected chi connectivity index (χ4v) is 3.57. The van der Waals surface area contributed by atoms with Gasteiger partial charge < -0.3 is 15.0 Å². The van der Waals surface area contributed by atoms with E-state index in [9.17, 15) is 9.59 Å². The van der Waals surface area contributed by atoms with Crippen molar-refractivity contribution in [2.45, 2.75) is 12.8 Å². The third-order valence-electron chi connectivity index (χ3n) is 4.90. The fraction of sp³-hybridized carbons (Fsp3) is 0.286. The smallest absolute Gasteiger partial charge is 0.294 e. The Balaban J connectivity index is 1.72. The van der Waals surface area contributed by atoms with Crippen molar-refractivity contribution in [2.75, 3.05) is 31.7 Å². The van der Waals surface area contributed by atoms with E-state index in [0.29, 0.717) is 25.2 Å². The second kappa shape index (κ2) is 7.82. The first-order valence-corrected chi connectivity index (χ1v) is 9.34. The van der Waals surface area contributed by atoms with Crippen LogP contribution in [0.15, 0.2) is 48.7 Å². The van der Waals surface area contributed by atoms with Crippen LogP contribution in [0.4, 0.5) is 5.69 Å². The number of anilines is 1. The lowest BCUT2D eigenvalue weighted by Crippen LogP contribution is -2.36. The monoisotopic (exact) mass is 378 g/mol. The molecule has 0 spiro atoms. The summed E-state index contributed by atoms with van der Waals surface area (Å²) in [5, 5.41) is 2.77. The van der Waals surface area contributed by atoms with Crippen molar-refractivity contribution in [3.05, 3.63) is 65.7 Å². The van der Waals surface area contributed by atoms with E-state index < -0.39 is 0 Å². The molecule has 0 saturated carbocycles. The van der Waals surface area contributed by atoms with Gasteiger partial charge in [0.05, 0.1) is 12.1 Å². The maximum atomic E-state index is 13.4. The van der Waals surface area contributed by atoms with Gasteiger partial charge in [-0.05, 0) is 36.6 Å². The maximum absolute atomic E-state index is 13.4. The lowest BCUT2D eigenvalue weighted by Gasteiger charge is -2.28. The molecular formula is C21H22N4O3. The van der Waals surface area contributed by atoms with Crippen LogP contribution in [0.2, 0.25) is 0 Å². The molecule has 1 N–H and O–H groups in total. The van der Waals surface area contributed by atoms with E-state index in [1.807, 2.05) is 36.4 Å². The zero-order valence-corrected chi connectivity index (χ0v) is 15.7. The zero-order valence-electron chi connectivity index (χ0n) is 15.7. The van der Waals surface area contributed by atoms with Gasteiger partial charge in [0.25, 0.3) is 11.8 Å². The normalized spacial score (nSPS) is 13.4. The number of rotatable bonds is 5. The van der Waals surface area contributed by atoms with Crippen LogP contribution in [0.1, 0.15) is 33.1 Å². The van der Waals surface area contributed by atoms with Crippen molar-refractivity contribution in [2.24, 2.45) is 0 Å². The van der Waals surface area contributed by atoms with Crippen LogP contribution in [0.5, 0.6) is 0 Å². The molecule has 0 radical (unpaired) electrons. The van der Waals surface area contributed by atoms with E-state index in [2.05, 4.69) is 10.3 Å². The average molecular weight is 378 g/mol. The molecule has 1 aromatic carbocycles. The number of ether oxygens (including phenoxy) is 1. The SMILES string of the molecule is COCCNC(=O)c1nc(C(=O)N2CCCc3ccccc32)n2ccccc12. The number of hydrogen-bond donors (Lipinski definition) is 1. The molecule has 4 rings (SSSR count). The van der Waals surface area contributed by atoms with Crippen LogP contribution in [0, 0.1) is 0 Å². The van der Waals surface area contributed by atoms with Gasteiger partial charge in [0, 0.05) is 32.1 Å². The van der Waals surface area contributed by atoms with Gasteiger partial charge in [-0.2, -0.15) is 0 Å². The number of imidazole rings is 1. The summed E-state index contributed by atoms with van der Waals surface area (Å²) in [6.07, 6.45) is 3.61. The zero-order chi connectivity index (χ0) is 19.5. The van der Waals surface area contributed by atoms with Gasteiger partial charge in [0.1, 0.15) is 0 Å². The maximum Gasteiger partial charge on any atom is 0.294 e. The molecule has 3 aromatic rings. The highest BCUT2D eigenvalue weighted by molar-refractivity contribution is 6.07. The van der Waals surface area contributed by atoms with Crippen LogP contribution in [-0.2, 0) is 11.2 Å². The Bertz CT molecular complexity index is 1030. The third-order valence-corrected chi connectivity index (χ3v) is 4.90. The fourth-order valence-electron chi connectivity index (χ4n) is 3.57. The molecule has 0 saturated heterocycles. The minimum Gasteiger partial charge on any atom is -0.383 e. The van der Waals surface area contributed by atoms with Crippen molar-refractivity contribution in [3.63, 3.8) is 0 Å². The van der Waals surface area contributed by atoms with E-state index in [1.54, 1.807) is 28.7 Å². The molecule has 1 aliphatic heterocycles. The second-order valence-corrected chi connectivity index (χ2v) is 6.68.